The van der Waals surface area contributed by atoms with Gasteiger partial charge in [0.05, 0.1) is 0 Å². The second-order valence-corrected chi connectivity index (χ2v) is 16.0. The molecule has 0 aliphatic rings. The van der Waals surface area contributed by atoms with Gasteiger partial charge in [0.15, 0.2) is 6.10 Å². The smallest absolute Gasteiger partial charge is 0.306 e. The summed E-state index contributed by atoms with van der Waals surface area (Å²) >= 11 is 0. The van der Waals surface area contributed by atoms with E-state index in [0.29, 0.717) is 19.3 Å². The molecule has 0 saturated heterocycles. The van der Waals surface area contributed by atoms with Crippen LogP contribution in [0.3, 0.4) is 0 Å². The molecule has 0 rings (SSSR count). The number of carbonyl (C=O) groups is 3. The first-order valence-electron chi connectivity index (χ1n) is 24.1. The quantitative estimate of drug-likeness (QED) is 0.0265. The molecule has 1 atom stereocenters. The first-order chi connectivity index (χ1) is 28.0. The van der Waals surface area contributed by atoms with Crippen LogP contribution in [0, 0.1) is 0 Å². The van der Waals surface area contributed by atoms with Crippen LogP contribution in [0.15, 0.2) is 48.6 Å². The van der Waals surface area contributed by atoms with Gasteiger partial charge in [0.1, 0.15) is 13.2 Å². The largest absolute Gasteiger partial charge is 0.462 e. The molecule has 0 aliphatic heterocycles. The summed E-state index contributed by atoms with van der Waals surface area (Å²) in [6.07, 6.45) is 53.8. The molecular weight excluding hydrogens is 709 g/mol. The molecule has 0 saturated carbocycles. The third-order valence-corrected chi connectivity index (χ3v) is 10.3. The minimum atomic E-state index is -0.777. The van der Waals surface area contributed by atoms with E-state index < -0.39 is 6.10 Å². The molecule has 57 heavy (non-hydrogen) atoms. The predicted octanol–water partition coefficient (Wildman–Crippen LogP) is 15.5. The number of carbonyl (C=O) groups excluding carboxylic acids is 3. The van der Waals surface area contributed by atoms with Crippen LogP contribution in [0.25, 0.3) is 0 Å². The molecule has 0 fully saturated rings. The van der Waals surface area contributed by atoms with E-state index in [-0.39, 0.29) is 31.1 Å². The molecule has 0 bridgehead atoms. The number of hydrogen-bond acceptors (Lipinski definition) is 6. The highest BCUT2D eigenvalue weighted by Gasteiger charge is 2.19. The summed E-state index contributed by atoms with van der Waals surface area (Å²) < 4.78 is 16.7. The van der Waals surface area contributed by atoms with Gasteiger partial charge in [-0.05, 0) is 77.0 Å². The maximum absolute atomic E-state index is 12.7. The van der Waals surface area contributed by atoms with Crippen molar-refractivity contribution in [3.63, 3.8) is 0 Å². The van der Waals surface area contributed by atoms with Crippen LogP contribution >= 0.6 is 0 Å². The van der Waals surface area contributed by atoms with E-state index in [4.69, 9.17) is 14.2 Å². The molecule has 6 heteroatoms. The zero-order valence-corrected chi connectivity index (χ0v) is 37.6. The molecule has 0 amide bonds. The van der Waals surface area contributed by atoms with E-state index in [1.807, 2.05) is 0 Å². The first-order valence-corrected chi connectivity index (χ1v) is 24.1. The third-order valence-electron chi connectivity index (χ3n) is 10.3. The number of unbranched alkanes of at least 4 members (excludes halogenated alkanes) is 24. The van der Waals surface area contributed by atoms with Gasteiger partial charge in [-0.1, -0.05) is 191 Å². The average Bonchev–Trinajstić information content (AvgIpc) is 3.21. The summed E-state index contributed by atoms with van der Waals surface area (Å²) in [4.78, 5) is 37.7. The van der Waals surface area contributed by atoms with Crippen molar-refractivity contribution < 1.29 is 28.6 Å². The number of allylic oxidation sites excluding steroid dienone is 8. The summed E-state index contributed by atoms with van der Waals surface area (Å²) in [6, 6.07) is 0. The van der Waals surface area contributed by atoms with Gasteiger partial charge >= 0.3 is 17.9 Å². The molecule has 0 aliphatic carbocycles. The Morgan fingerprint density at radius 2 is 0.649 bits per heavy atom. The van der Waals surface area contributed by atoms with Gasteiger partial charge in [-0.25, -0.2) is 0 Å². The molecular formula is C51H90O6. The van der Waals surface area contributed by atoms with Gasteiger partial charge in [-0.2, -0.15) is 0 Å². The van der Waals surface area contributed by atoms with E-state index in [2.05, 4.69) is 69.4 Å². The Morgan fingerprint density at radius 1 is 0.351 bits per heavy atom. The maximum Gasteiger partial charge on any atom is 0.306 e. The molecule has 0 heterocycles. The number of rotatable bonds is 43. The molecule has 0 spiro atoms. The maximum atomic E-state index is 12.7. The van der Waals surface area contributed by atoms with Crippen LogP contribution in [0.4, 0.5) is 0 Å². The lowest BCUT2D eigenvalue weighted by Crippen LogP contribution is -2.30. The molecule has 0 aromatic heterocycles. The number of esters is 3. The van der Waals surface area contributed by atoms with Crippen molar-refractivity contribution in [1.29, 1.82) is 0 Å². The Bertz CT molecular complexity index is 1010. The third kappa shape index (κ3) is 44.3. The van der Waals surface area contributed by atoms with E-state index in [1.54, 1.807) is 0 Å². The van der Waals surface area contributed by atoms with Crippen LogP contribution in [-0.2, 0) is 28.6 Å². The summed E-state index contributed by atoms with van der Waals surface area (Å²) in [5.74, 6) is -0.904. The highest BCUT2D eigenvalue weighted by atomic mass is 16.6. The molecule has 0 aromatic carbocycles. The fourth-order valence-corrected chi connectivity index (χ4v) is 6.61. The van der Waals surface area contributed by atoms with Gasteiger partial charge in [0.2, 0.25) is 0 Å². The van der Waals surface area contributed by atoms with E-state index in [1.165, 1.54) is 109 Å². The lowest BCUT2D eigenvalue weighted by atomic mass is 10.1. The lowest BCUT2D eigenvalue weighted by molar-refractivity contribution is -0.167. The van der Waals surface area contributed by atoms with Crippen LogP contribution in [0.2, 0.25) is 0 Å². The van der Waals surface area contributed by atoms with E-state index >= 15 is 0 Å². The minimum absolute atomic E-state index is 0.0796. The van der Waals surface area contributed by atoms with Gasteiger partial charge in [0.25, 0.3) is 0 Å². The van der Waals surface area contributed by atoms with Crippen molar-refractivity contribution in [2.75, 3.05) is 13.2 Å². The van der Waals surface area contributed by atoms with Crippen molar-refractivity contribution in [1.82, 2.24) is 0 Å². The zero-order valence-electron chi connectivity index (χ0n) is 37.6. The van der Waals surface area contributed by atoms with Crippen LogP contribution in [-0.4, -0.2) is 37.2 Å². The second-order valence-electron chi connectivity index (χ2n) is 16.0. The van der Waals surface area contributed by atoms with Crippen molar-refractivity contribution in [3.8, 4) is 0 Å². The Morgan fingerprint density at radius 3 is 1.09 bits per heavy atom. The van der Waals surface area contributed by atoms with E-state index in [9.17, 15) is 14.4 Å². The highest BCUT2D eigenvalue weighted by molar-refractivity contribution is 5.71. The van der Waals surface area contributed by atoms with Crippen LogP contribution in [0.5, 0.6) is 0 Å². The van der Waals surface area contributed by atoms with E-state index in [0.717, 1.165) is 89.9 Å². The predicted molar refractivity (Wildman–Crippen MR) is 242 cm³/mol. The fourth-order valence-electron chi connectivity index (χ4n) is 6.61. The topological polar surface area (TPSA) is 78.9 Å². The normalized spacial score (nSPS) is 12.4. The van der Waals surface area contributed by atoms with Crippen LogP contribution in [0.1, 0.15) is 239 Å². The Kier molecular flexibility index (Phi) is 43.9. The zero-order chi connectivity index (χ0) is 41.5. The molecule has 0 unspecified atom stereocenters. The standard InChI is InChI=1S/C51H90O6/c1-4-7-10-13-16-19-21-22-23-24-25-26-27-28-30-32-35-38-41-44-50(53)56-47-48(46-55-49(52)43-40-37-34-31-18-15-12-9-6-3)57-51(54)45-42-39-36-33-29-20-17-14-11-8-5-2/h14,16-17,19,22-23,25-26,48H,4-13,15,18,20-21,24,27-47H2,1-3H3/b17-14-,19-16-,23-22-,26-25-/t48-/m1/s1. The monoisotopic (exact) mass is 799 g/mol. The van der Waals surface area contributed by atoms with Gasteiger partial charge < -0.3 is 14.2 Å². The van der Waals surface area contributed by atoms with Gasteiger partial charge in [0, 0.05) is 19.3 Å². The number of ether oxygens (including phenoxy) is 3. The SMILES string of the molecule is CCCC/C=C\CCCCCCCC(=O)O[C@@H](COC(=O)CCCCCCCC/C=C\C/C=C\C/C=C\CCCCC)COC(=O)CCCCCCCCCCC. The molecule has 330 valence electrons. The Hall–Kier alpha value is -2.63. The van der Waals surface area contributed by atoms with Gasteiger partial charge in [-0.15, -0.1) is 0 Å². The summed E-state index contributed by atoms with van der Waals surface area (Å²) in [5.41, 5.74) is 0. The number of hydrogen-bond donors (Lipinski definition) is 0. The van der Waals surface area contributed by atoms with Gasteiger partial charge in [-0.3, -0.25) is 14.4 Å². The average molecular weight is 799 g/mol. The molecule has 0 N–H and O–H groups in total. The van der Waals surface area contributed by atoms with Crippen molar-refractivity contribution in [3.05, 3.63) is 48.6 Å². The summed E-state index contributed by atoms with van der Waals surface area (Å²) in [5, 5.41) is 0. The summed E-state index contributed by atoms with van der Waals surface area (Å²) in [6.45, 7) is 6.53. The molecule has 0 radical (unpaired) electrons. The van der Waals surface area contributed by atoms with Crippen molar-refractivity contribution in [2.24, 2.45) is 0 Å². The first kappa shape index (κ1) is 54.4. The fraction of sp³-hybridized carbons (Fsp3) is 0.784. The highest BCUT2D eigenvalue weighted by Crippen LogP contribution is 2.14. The molecule has 0 aromatic rings. The Labute approximate surface area is 352 Å². The van der Waals surface area contributed by atoms with Crippen LogP contribution < -0.4 is 0 Å². The summed E-state index contributed by atoms with van der Waals surface area (Å²) in [7, 11) is 0. The minimum Gasteiger partial charge on any atom is -0.462 e. The Balaban J connectivity index is 4.32. The molecule has 6 nitrogen and oxygen atoms in total. The lowest BCUT2D eigenvalue weighted by Gasteiger charge is -2.18. The van der Waals surface area contributed by atoms with Crippen molar-refractivity contribution >= 4 is 17.9 Å². The second kappa shape index (κ2) is 46.1. The van der Waals surface area contributed by atoms with Crippen molar-refractivity contribution in [2.45, 2.75) is 245 Å².